The standard InChI is InChI=1S/C28H40ClN3O6S/c1-8-24(27(34)30-28(2,3)4)31(19-20-11-14-22(37-5)15-12-20)26(33)10-9-17-32(39(7,35)36)21-13-16-25(38-6)23(29)18-21/h11-16,18,24H,8-10,17,19H2,1-7H3,(H,30,34)/t24-/m0/s1. The number of ether oxygens (including phenoxy) is 2. The van der Waals surface area contributed by atoms with Crippen molar-refractivity contribution >= 4 is 39.1 Å². The summed E-state index contributed by atoms with van der Waals surface area (Å²) in [5.41, 5.74) is 0.758. The molecule has 0 radical (unpaired) electrons. The number of carbonyl (C=O) groups excluding carboxylic acids is 2. The second kappa shape index (κ2) is 13.9. The Hall–Kier alpha value is -2.98. The Morgan fingerprint density at radius 3 is 2.18 bits per heavy atom. The number of amides is 2. The van der Waals surface area contributed by atoms with Crippen molar-refractivity contribution in [3.63, 3.8) is 0 Å². The maximum absolute atomic E-state index is 13.6. The third-order valence-corrected chi connectivity index (χ3v) is 7.46. The lowest BCUT2D eigenvalue weighted by Gasteiger charge is -2.33. The first kappa shape index (κ1) is 32.2. The van der Waals surface area contributed by atoms with Crippen LogP contribution in [0.1, 0.15) is 52.5 Å². The van der Waals surface area contributed by atoms with Crippen molar-refractivity contribution in [1.29, 1.82) is 0 Å². The molecular weight excluding hydrogens is 542 g/mol. The maximum atomic E-state index is 13.6. The van der Waals surface area contributed by atoms with Gasteiger partial charge >= 0.3 is 0 Å². The monoisotopic (exact) mass is 581 g/mol. The number of carbonyl (C=O) groups is 2. The van der Waals surface area contributed by atoms with E-state index < -0.39 is 21.6 Å². The first-order chi connectivity index (χ1) is 18.2. The first-order valence-corrected chi connectivity index (χ1v) is 15.0. The van der Waals surface area contributed by atoms with Gasteiger partial charge in [-0.1, -0.05) is 30.7 Å². The largest absolute Gasteiger partial charge is 0.497 e. The minimum atomic E-state index is -3.65. The van der Waals surface area contributed by atoms with Crippen molar-refractivity contribution in [2.75, 3.05) is 31.3 Å². The summed E-state index contributed by atoms with van der Waals surface area (Å²) in [4.78, 5) is 28.3. The van der Waals surface area contributed by atoms with Gasteiger partial charge in [-0.25, -0.2) is 8.42 Å². The van der Waals surface area contributed by atoms with Gasteiger partial charge in [0.25, 0.3) is 0 Å². The van der Waals surface area contributed by atoms with E-state index in [2.05, 4.69) is 5.32 Å². The highest BCUT2D eigenvalue weighted by Crippen LogP contribution is 2.30. The molecule has 2 rings (SSSR count). The Kier molecular flexibility index (Phi) is 11.5. The van der Waals surface area contributed by atoms with Gasteiger partial charge in [-0.15, -0.1) is 0 Å². The molecule has 2 aromatic rings. The van der Waals surface area contributed by atoms with Crippen LogP contribution in [-0.2, 0) is 26.2 Å². The van der Waals surface area contributed by atoms with Gasteiger partial charge in [-0.3, -0.25) is 13.9 Å². The van der Waals surface area contributed by atoms with Gasteiger partial charge < -0.3 is 19.7 Å². The van der Waals surface area contributed by atoms with Crippen LogP contribution in [0.5, 0.6) is 11.5 Å². The molecule has 0 spiro atoms. The number of halogens is 1. The van der Waals surface area contributed by atoms with Gasteiger partial charge in [0, 0.05) is 25.0 Å². The van der Waals surface area contributed by atoms with E-state index >= 15 is 0 Å². The number of hydrogen-bond acceptors (Lipinski definition) is 6. The molecule has 0 heterocycles. The van der Waals surface area contributed by atoms with Crippen LogP contribution in [-0.4, -0.2) is 63.7 Å². The number of benzene rings is 2. The highest BCUT2D eigenvalue weighted by molar-refractivity contribution is 7.92. The zero-order valence-corrected chi connectivity index (χ0v) is 25.4. The molecule has 1 N–H and O–H groups in total. The molecule has 2 amide bonds. The average molecular weight is 582 g/mol. The van der Waals surface area contributed by atoms with Crippen LogP contribution >= 0.6 is 11.6 Å². The summed E-state index contributed by atoms with van der Waals surface area (Å²) in [5.74, 6) is 0.631. The number of nitrogens with one attached hydrogen (secondary N) is 1. The lowest BCUT2D eigenvalue weighted by Crippen LogP contribution is -2.53. The summed E-state index contributed by atoms with van der Waals surface area (Å²) in [6.07, 6.45) is 1.81. The Bertz CT molecular complexity index is 1230. The Labute approximate surface area is 237 Å². The smallest absolute Gasteiger partial charge is 0.243 e. The van der Waals surface area contributed by atoms with Crippen LogP contribution in [0.25, 0.3) is 0 Å². The molecule has 0 unspecified atom stereocenters. The number of nitrogens with zero attached hydrogens (tertiary/aromatic N) is 2. The minimum absolute atomic E-state index is 0.0470. The van der Waals surface area contributed by atoms with Crippen LogP contribution in [0.4, 0.5) is 5.69 Å². The van der Waals surface area contributed by atoms with Gasteiger partial charge in [0.2, 0.25) is 21.8 Å². The van der Waals surface area contributed by atoms with E-state index in [1.165, 1.54) is 17.5 Å². The average Bonchev–Trinajstić information content (AvgIpc) is 2.85. The molecule has 9 nitrogen and oxygen atoms in total. The highest BCUT2D eigenvalue weighted by Gasteiger charge is 2.30. The van der Waals surface area contributed by atoms with Crippen LogP contribution in [0, 0.1) is 0 Å². The van der Waals surface area contributed by atoms with E-state index in [0.29, 0.717) is 23.6 Å². The lowest BCUT2D eigenvalue weighted by molar-refractivity contribution is -0.142. The summed E-state index contributed by atoms with van der Waals surface area (Å²) in [6, 6.07) is 11.3. The van der Waals surface area contributed by atoms with Gasteiger partial charge in [0.15, 0.2) is 0 Å². The summed E-state index contributed by atoms with van der Waals surface area (Å²) in [6.45, 7) is 7.81. The fraction of sp³-hybridized carbons (Fsp3) is 0.500. The molecule has 2 aromatic carbocycles. The lowest BCUT2D eigenvalue weighted by atomic mass is 10.0. The van der Waals surface area contributed by atoms with Gasteiger partial charge in [-0.2, -0.15) is 0 Å². The quantitative estimate of drug-likeness (QED) is 0.370. The Morgan fingerprint density at radius 2 is 1.69 bits per heavy atom. The summed E-state index contributed by atoms with van der Waals surface area (Å²) in [7, 11) is -0.596. The van der Waals surface area contributed by atoms with Crippen molar-refractivity contribution in [2.45, 2.75) is 65.1 Å². The van der Waals surface area contributed by atoms with Gasteiger partial charge in [-0.05, 0) is 69.5 Å². The second-order valence-electron chi connectivity index (χ2n) is 10.3. The van der Waals surface area contributed by atoms with Crippen LogP contribution in [0.3, 0.4) is 0 Å². The van der Waals surface area contributed by atoms with Crippen molar-refractivity contribution < 1.29 is 27.5 Å². The molecule has 0 saturated heterocycles. The summed E-state index contributed by atoms with van der Waals surface area (Å²) in [5, 5.41) is 3.26. The van der Waals surface area contributed by atoms with E-state index in [0.717, 1.165) is 11.8 Å². The SMILES string of the molecule is CC[C@@H](C(=O)NC(C)(C)C)N(Cc1ccc(OC)cc1)C(=O)CCCN(c1ccc(OC)c(Cl)c1)S(C)(=O)=O. The van der Waals surface area contributed by atoms with Gasteiger partial charge in [0.1, 0.15) is 17.5 Å². The predicted molar refractivity (Wildman–Crippen MR) is 155 cm³/mol. The van der Waals surface area contributed by atoms with Crippen LogP contribution < -0.4 is 19.1 Å². The molecule has 0 saturated carbocycles. The fourth-order valence-corrected chi connectivity index (χ4v) is 5.32. The summed E-state index contributed by atoms with van der Waals surface area (Å²) >= 11 is 6.22. The molecule has 1 atom stereocenters. The van der Waals surface area contributed by atoms with E-state index in [1.54, 1.807) is 36.3 Å². The molecule has 0 aliphatic rings. The molecular formula is C28H40ClN3O6S. The maximum Gasteiger partial charge on any atom is 0.243 e. The third-order valence-electron chi connectivity index (χ3n) is 5.97. The van der Waals surface area contributed by atoms with Gasteiger partial charge in [0.05, 0.1) is 31.2 Å². The van der Waals surface area contributed by atoms with E-state index in [-0.39, 0.29) is 42.8 Å². The zero-order valence-electron chi connectivity index (χ0n) is 23.8. The zero-order chi connectivity index (χ0) is 29.4. The molecule has 0 aliphatic heterocycles. The minimum Gasteiger partial charge on any atom is -0.497 e. The van der Waals surface area contributed by atoms with Crippen molar-refractivity contribution in [3.8, 4) is 11.5 Å². The molecule has 0 aliphatic carbocycles. The normalized spacial score (nSPS) is 12.4. The number of hydrogen-bond donors (Lipinski definition) is 1. The molecule has 11 heteroatoms. The fourth-order valence-electron chi connectivity index (χ4n) is 4.11. The molecule has 0 aromatic heterocycles. The topological polar surface area (TPSA) is 105 Å². The third kappa shape index (κ3) is 9.61. The van der Waals surface area contributed by atoms with Crippen molar-refractivity contribution in [2.24, 2.45) is 0 Å². The highest BCUT2D eigenvalue weighted by atomic mass is 35.5. The summed E-state index contributed by atoms with van der Waals surface area (Å²) < 4.78 is 36.7. The molecule has 216 valence electrons. The molecule has 39 heavy (non-hydrogen) atoms. The molecule has 0 bridgehead atoms. The van der Waals surface area contributed by atoms with Crippen LogP contribution in [0.2, 0.25) is 5.02 Å². The molecule has 0 fully saturated rings. The predicted octanol–water partition coefficient (Wildman–Crippen LogP) is 4.63. The van der Waals surface area contributed by atoms with Crippen molar-refractivity contribution in [3.05, 3.63) is 53.1 Å². The second-order valence-corrected chi connectivity index (χ2v) is 12.6. The van der Waals surface area contributed by atoms with E-state index in [9.17, 15) is 18.0 Å². The number of rotatable bonds is 13. The van der Waals surface area contributed by atoms with E-state index in [1.807, 2.05) is 39.8 Å². The first-order valence-electron chi connectivity index (χ1n) is 12.8. The van der Waals surface area contributed by atoms with Crippen LogP contribution in [0.15, 0.2) is 42.5 Å². The Morgan fingerprint density at radius 1 is 1.05 bits per heavy atom. The number of anilines is 1. The Balaban J connectivity index is 2.26. The number of sulfonamides is 1. The van der Waals surface area contributed by atoms with E-state index in [4.69, 9.17) is 21.1 Å². The number of methoxy groups -OCH3 is 2. The van der Waals surface area contributed by atoms with Crippen molar-refractivity contribution in [1.82, 2.24) is 10.2 Å².